The first-order valence-corrected chi connectivity index (χ1v) is 29.1. The molecule has 1 unspecified atom stereocenters. The summed E-state index contributed by atoms with van der Waals surface area (Å²) in [5.74, 6) is -0.788. The molecule has 9 nitrogen and oxygen atoms in total. The number of esters is 2. The zero-order valence-corrected chi connectivity index (χ0v) is 44.4. The fourth-order valence-electron chi connectivity index (χ4n) is 7.93. The average Bonchev–Trinajstić information content (AvgIpc) is 3.26. The van der Waals surface area contributed by atoms with Crippen molar-refractivity contribution in [1.29, 1.82) is 0 Å². The Kier molecular flexibility index (Phi) is 46.4. The summed E-state index contributed by atoms with van der Waals surface area (Å²) in [4.78, 5) is 35.6. The maximum atomic E-state index is 12.8. The molecule has 1 N–H and O–H groups in total. The monoisotopic (exact) mass is 941 g/mol. The summed E-state index contributed by atoms with van der Waals surface area (Å²) in [6.07, 6.45) is 55.2. The first-order chi connectivity index (χ1) is 31.5. The number of ether oxygens (including phenoxy) is 2. The second-order valence-corrected chi connectivity index (χ2v) is 21.4. The van der Waals surface area contributed by atoms with E-state index >= 15 is 0 Å². The third-order valence-electron chi connectivity index (χ3n) is 12.2. The molecule has 0 aromatic carbocycles. The minimum atomic E-state index is -4.38. The summed E-state index contributed by atoms with van der Waals surface area (Å²) in [6, 6.07) is 0. The van der Waals surface area contributed by atoms with Crippen LogP contribution >= 0.6 is 7.82 Å². The Bertz CT molecular complexity index is 1150. The van der Waals surface area contributed by atoms with Crippen LogP contribution in [-0.2, 0) is 32.7 Å². The highest BCUT2D eigenvalue weighted by atomic mass is 31.2. The van der Waals surface area contributed by atoms with Crippen LogP contribution in [0.25, 0.3) is 0 Å². The Balaban J connectivity index is 4.17. The zero-order chi connectivity index (χ0) is 47.8. The van der Waals surface area contributed by atoms with Gasteiger partial charge >= 0.3 is 19.8 Å². The van der Waals surface area contributed by atoms with Gasteiger partial charge in [-0.25, -0.2) is 4.57 Å². The minimum Gasteiger partial charge on any atom is -0.462 e. The number of phosphoric ester groups is 1. The summed E-state index contributed by atoms with van der Waals surface area (Å²) < 4.78 is 34.5. The van der Waals surface area contributed by atoms with Gasteiger partial charge in [-0.1, -0.05) is 231 Å². The molecule has 10 heteroatoms. The molecule has 0 fully saturated rings. The number of hydrogen-bond acceptors (Lipinski definition) is 7. The van der Waals surface area contributed by atoms with Crippen LogP contribution in [0.15, 0.2) is 24.3 Å². The summed E-state index contributed by atoms with van der Waals surface area (Å²) in [5.41, 5.74) is 0. The van der Waals surface area contributed by atoms with E-state index in [0.717, 1.165) is 44.9 Å². The van der Waals surface area contributed by atoms with Gasteiger partial charge in [0.2, 0.25) is 0 Å². The van der Waals surface area contributed by atoms with Gasteiger partial charge < -0.3 is 18.9 Å². The molecule has 2 atom stereocenters. The Morgan fingerprint density at radius 2 is 0.831 bits per heavy atom. The van der Waals surface area contributed by atoms with Gasteiger partial charge in [0.15, 0.2) is 6.10 Å². The van der Waals surface area contributed by atoms with E-state index in [4.69, 9.17) is 18.5 Å². The normalized spacial score (nSPS) is 13.5. The molecule has 0 heterocycles. The summed E-state index contributed by atoms with van der Waals surface area (Å²) in [7, 11) is 1.49. The lowest BCUT2D eigenvalue weighted by atomic mass is 10.0. The molecule has 0 amide bonds. The van der Waals surface area contributed by atoms with Crippen LogP contribution in [0.4, 0.5) is 0 Å². The molecule has 0 saturated carbocycles. The van der Waals surface area contributed by atoms with Crippen LogP contribution < -0.4 is 0 Å². The highest BCUT2D eigenvalue weighted by Crippen LogP contribution is 2.43. The third kappa shape index (κ3) is 51.7. The van der Waals surface area contributed by atoms with Crippen molar-refractivity contribution in [2.75, 3.05) is 47.5 Å². The molecule has 0 aromatic rings. The van der Waals surface area contributed by atoms with Crippen molar-refractivity contribution in [3.8, 4) is 0 Å². The lowest BCUT2D eigenvalue weighted by Crippen LogP contribution is -2.37. The molecule has 0 aromatic heterocycles. The van der Waals surface area contributed by atoms with Crippen molar-refractivity contribution in [2.45, 2.75) is 270 Å². The van der Waals surface area contributed by atoms with Crippen molar-refractivity contribution in [3.05, 3.63) is 24.3 Å². The topological polar surface area (TPSA) is 108 Å². The molecule has 384 valence electrons. The van der Waals surface area contributed by atoms with Crippen LogP contribution in [0.5, 0.6) is 0 Å². The second kappa shape index (κ2) is 47.6. The van der Waals surface area contributed by atoms with Crippen molar-refractivity contribution in [3.63, 3.8) is 0 Å². The van der Waals surface area contributed by atoms with Crippen molar-refractivity contribution >= 4 is 19.8 Å². The number of rotatable bonds is 51. The predicted molar refractivity (Wildman–Crippen MR) is 275 cm³/mol. The van der Waals surface area contributed by atoms with E-state index in [1.807, 2.05) is 21.1 Å². The number of hydrogen-bond donors (Lipinski definition) is 1. The highest BCUT2D eigenvalue weighted by molar-refractivity contribution is 7.47. The first kappa shape index (κ1) is 63.5. The molecule has 0 aliphatic heterocycles. The number of phosphoric acid groups is 1. The number of nitrogens with zero attached hydrogens (tertiary/aromatic N) is 1. The van der Waals surface area contributed by atoms with Gasteiger partial charge in [0.05, 0.1) is 27.7 Å². The van der Waals surface area contributed by atoms with Crippen LogP contribution in [0.3, 0.4) is 0 Å². The Morgan fingerprint density at radius 1 is 0.477 bits per heavy atom. The molecule has 0 bridgehead atoms. The molecule has 65 heavy (non-hydrogen) atoms. The van der Waals surface area contributed by atoms with Crippen molar-refractivity contribution in [1.82, 2.24) is 0 Å². The highest BCUT2D eigenvalue weighted by Gasteiger charge is 2.27. The number of likely N-dealkylation sites (N-methyl/N-ethyl adjacent to an activating group) is 1. The van der Waals surface area contributed by atoms with Gasteiger partial charge in [-0.2, -0.15) is 0 Å². The molecular formula is C55H107NO8P+. The van der Waals surface area contributed by atoms with E-state index in [1.54, 1.807) is 0 Å². The van der Waals surface area contributed by atoms with E-state index in [0.29, 0.717) is 23.9 Å². The predicted octanol–water partition coefficient (Wildman–Crippen LogP) is 16.6. The molecule has 0 aliphatic carbocycles. The summed E-state index contributed by atoms with van der Waals surface area (Å²) >= 11 is 0. The molecular weight excluding hydrogens is 834 g/mol. The Labute approximate surface area is 402 Å². The van der Waals surface area contributed by atoms with Gasteiger partial charge in [0.25, 0.3) is 0 Å². The van der Waals surface area contributed by atoms with E-state index in [2.05, 4.69) is 38.2 Å². The van der Waals surface area contributed by atoms with E-state index in [1.165, 1.54) is 186 Å². The lowest BCUT2D eigenvalue weighted by molar-refractivity contribution is -0.870. The van der Waals surface area contributed by atoms with Gasteiger partial charge in [-0.05, 0) is 44.9 Å². The Hall–Kier alpha value is -1.51. The second-order valence-electron chi connectivity index (χ2n) is 20.0. The summed E-state index contributed by atoms with van der Waals surface area (Å²) in [6.45, 7) is 4.45. The van der Waals surface area contributed by atoms with E-state index < -0.39 is 26.5 Å². The first-order valence-electron chi connectivity index (χ1n) is 27.6. The van der Waals surface area contributed by atoms with Gasteiger partial charge in [0.1, 0.15) is 19.8 Å². The van der Waals surface area contributed by atoms with Gasteiger partial charge in [-0.3, -0.25) is 18.6 Å². The molecule has 0 radical (unpaired) electrons. The third-order valence-corrected chi connectivity index (χ3v) is 13.2. The number of allylic oxidation sites excluding steroid dienone is 4. The summed E-state index contributed by atoms with van der Waals surface area (Å²) in [5, 5.41) is 0. The number of carbonyl (C=O) groups excluding carboxylic acids is 2. The van der Waals surface area contributed by atoms with Crippen LogP contribution in [0.2, 0.25) is 0 Å². The number of quaternary nitrogens is 1. The molecule has 0 saturated heterocycles. The lowest BCUT2D eigenvalue weighted by Gasteiger charge is -2.24. The van der Waals surface area contributed by atoms with E-state index in [-0.39, 0.29) is 25.6 Å². The molecule has 0 rings (SSSR count). The van der Waals surface area contributed by atoms with Crippen molar-refractivity contribution in [2.24, 2.45) is 0 Å². The standard InChI is InChI=1S/C55H106NO8P/c1-6-8-10-12-14-16-18-20-22-24-26-27-28-30-31-33-35-37-39-41-43-45-47-54(57)61-51-53(52-63-65(59,60)62-50-49-56(3,4)5)64-55(58)48-46-44-42-40-38-36-34-32-29-25-23-21-19-17-15-13-11-9-7-2/h15,17,21,23,53H,6-14,16,18-20,22,24-52H2,1-5H3/p+1/b17-15+,23-21+/t53-/m1/s1. The van der Waals surface area contributed by atoms with Crippen LogP contribution in [0.1, 0.15) is 264 Å². The van der Waals surface area contributed by atoms with E-state index in [9.17, 15) is 19.0 Å². The fourth-order valence-corrected chi connectivity index (χ4v) is 8.67. The van der Waals surface area contributed by atoms with Crippen LogP contribution in [-0.4, -0.2) is 74.9 Å². The SMILES string of the molecule is CCCCC/C=C/C/C=C/CCCCCCCCCCCC(=O)O[C@H](COC(=O)CCCCCCCCCCCCCCCCCCCCCCCC)COP(=O)(O)OCC[N+](C)(C)C. The van der Waals surface area contributed by atoms with Crippen molar-refractivity contribution < 1.29 is 42.1 Å². The molecule has 0 aliphatic rings. The minimum absolute atomic E-state index is 0.0332. The van der Waals surface area contributed by atoms with Crippen LogP contribution in [0, 0.1) is 0 Å². The fraction of sp³-hybridized carbons (Fsp3) is 0.891. The maximum absolute atomic E-state index is 12.8. The maximum Gasteiger partial charge on any atom is 0.472 e. The largest absolute Gasteiger partial charge is 0.472 e. The smallest absolute Gasteiger partial charge is 0.462 e. The van der Waals surface area contributed by atoms with Gasteiger partial charge in [-0.15, -0.1) is 0 Å². The van der Waals surface area contributed by atoms with Gasteiger partial charge in [0, 0.05) is 12.8 Å². The average molecular weight is 941 g/mol. The quantitative estimate of drug-likeness (QED) is 0.0211. The molecule has 0 spiro atoms. The number of carbonyl (C=O) groups is 2. The zero-order valence-electron chi connectivity index (χ0n) is 43.5. The number of unbranched alkanes of at least 4 members (excludes halogenated alkanes) is 33. The Morgan fingerprint density at radius 3 is 1.25 bits per heavy atom.